The van der Waals surface area contributed by atoms with E-state index >= 15 is 0 Å². The minimum atomic E-state index is 0.561. The van der Waals surface area contributed by atoms with E-state index in [0.29, 0.717) is 6.04 Å². The number of nitrogens with one attached hydrogen (secondary N) is 1. The van der Waals surface area contributed by atoms with Crippen LogP contribution in [0.3, 0.4) is 0 Å². The van der Waals surface area contributed by atoms with Crippen LogP contribution >= 0.6 is 0 Å². The van der Waals surface area contributed by atoms with Crippen LogP contribution in [-0.2, 0) is 6.54 Å². The summed E-state index contributed by atoms with van der Waals surface area (Å²) in [7, 11) is 2.20. The first-order valence-corrected chi connectivity index (χ1v) is 7.31. The fraction of sp³-hybridized carbons (Fsp3) is 0.667. The number of hydrogen-bond donors (Lipinski definition) is 1. The van der Waals surface area contributed by atoms with E-state index in [9.17, 15) is 0 Å². The lowest BCUT2D eigenvalue weighted by molar-refractivity contribution is 0.275. The van der Waals surface area contributed by atoms with E-state index in [1.165, 1.54) is 17.7 Å². The summed E-state index contributed by atoms with van der Waals surface area (Å²) in [5.74, 6) is 0. The molecule has 0 amide bonds. The van der Waals surface area contributed by atoms with Gasteiger partial charge in [0.2, 0.25) is 0 Å². The van der Waals surface area contributed by atoms with E-state index in [2.05, 4.69) is 47.1 Å². The molecule has 1 aromatic rings. The van der Waals surface area contributed by atoms with Crippen LogP contribution in [0.1, 0.15) is 25.8 Å². The van der Waals surface area contributed by atoms with Crippen molar-refractivity contribution in [3.8, 4) is 0 Å². The Balaban J connectivity index is 2.10. The molecule has 0 bridgehead atoms. The number of aromatic nitrogens is 1. The maximum Gasteiger partial charge on any atom is 0.0446 e. The van der Waals surface area contributed by atoms with Gasteiger partial charge in [0.25, 0.3) is 0 Å². The van der Waals surface area contributed by atoms with Gasteiger partial charge in [-0.25, -0.2) is 0 Å². The first-order valence-electron chi connectivity index (χ1n) is 7.31. The molecule has 106 valence electrons. The SMILES string of the molecule is CCCNCc1cnccc1N1CCN(C)CC1C. The molecule has 19 heavy (non-hydrogen) atoms. The Labute approximate surface area is 116 Å². The average molecular weight is 262 g/mol. The van der Waals surface area contributed by atoms with Gasteiger partial charge in [-0.3, -0.25) is 4.98 Å². The van der Waals surface area contributed by atoms with Gasteiger partial charge >= 0.3 is 0 Å². The van der Waals surface area contributed by atoms with Crippen LogP contribution in [0.4, 0.5) is 5.69 Å². The lowest BCUT2D eigenvalue weighted by Crippen LogP contribution is -2.50. The summed E-state index contributed by atoms with van der Waals surface area (Å²) in [6, 6.07) is 2.72. The van der Waals surface area contributed by atoms with Crippen molar-refractivity contribution in [3.63, 3.8) is 0 Å². The summed E-state index contributed by atoms with van der Waals surface area (Å²) in [5, 5.41) is 3.48. The predicted octanol–water partition coefficient (Wildman–Crippen LogP) is 1.72. The van der Waals surface area contributed by atoms with E-state index in [-0.39, 0.29) is 0 Å². The first kappa shape index (κ1) is 14.3. The van der Waals surface area contributed by atoms with Crippen molar-refractivity contribution in [3.05, 3.63) is 24.0 Å². The highest BCUT2D eigenvalue weighted by Crippen LogP contribution is 2.23. The zero-order chi connectivity index (χ0) is 13.7. The molecule has 0 aromatic carbocycles. The van der Waals surface area contributed by atoms with Gasteiger partial charge in [0.15, 0.2) is 0 Å². The molecule has 4 heteroatoms. The van der Waals surface area contributed by atoms with Crippen molar-refractivity contribution in [1.82, 2.24) is 15.2 Å². The number of pyridine rings is 1. The van der Waals surface area contributed by atoms with Crippen molar-refractivity contribution >= 4 is 5.69 Å². The number of likely N-dealkylation sites (N-methyl/N-ethyl adjacent to an activating group) is 1. The summed E-state index contributed by atoms with van der Waals surface area (Å²) in [5.41, 5.74) is 2.66. The highest BCUT2D eigenvalue weighted by molar-refractivity contribution is 5.53. The van der Waals surface area contributed by atoms with Crippen LogP contribution in [-0.4, -0.2) is 49.2 Å². The summed E-state index contributed by atoms with van der Waals surface area (Å²) in [4.78, 5) is 9.20. The van der Waals surface area contributed by atoms with Crippen LogP contribution in [0.15, 0.2) is 18.5 Å². The van der Waals surface area contributed by atoms with Gasteiger partial charge < -0.3 is 15.1 Å². The molecule has 1 fully saturated rings. The lowest BCUT2D eigenvalue weighted by atomic mass is 10.1. The highest BCUT2D eigenvalue weighted by atomic mass is 15.3. The molecule has 1 aromatic heterocycles. The molecule has 4 nitrogen and oxygen atoms in total. The largest absolute Gasteiger partial charge is 0.366 e. The van der Waals surface area contributed by atoms with E-state index < -0.39 is 0 Å². The van der Waals surface area contributed by atoms with Gasteiger partial charge in [-0.1, -0.05) is 6.92 Å². The van der Waals surface area contributed by atoms with Crippen molar-refractivity contribution < 1.29 is 0 Å². The van der Waals surface area contributed by atoms with Gasteiger partial charge in [0, 0.05) is 55.9 Å². The Morgan fingerprint density at radius 3 is 3.00 bits per heavy atom. The van der Waals surface area contributed by atoms with Gasteiger partial charge in [-0.05, 0) is 33.0 Å². The van der Waals surface area contributed by atoms with Crippen molar-refractivity contribution in [2.45, 2.75) is 32.9 Å². The third-order valence-electron chi connectivity index (χ3n) is 3.76. The molecule has 1 aliphatic rings. The molecular formula is C15H26N4. The zero-order valence-corrected chi connectivity index (χ0v) is 12.4. The summed E-state index contributed by atoms with van der Waals surface area (Å²) >= 11 is 0. The second kappa shape index (κ2) is 6.87. The average Bonchev–Trinajstić information content (AvgIpc) is 2.40. The normalized spacial score (nSPS) is 20.8. The van der Waals surface area contributed by atoms with E-state index in [1.54, 1.807) is 0 Å². The summed E-state index contributed by atoms with van der Waals surface area (Å²) in [6.07, 6.45) is 5.08. The molecule has 0 radical (unpaired) electrons. The van der Waals surface area contributed by atoms with Crippen LogP contribution in [0.2, 0.25) is 0 Å². The number of anilines is 1. The van der Waals surface area contributed by atoms with Gasteiger partial charge in [-0.15, -0.1) is 0 Å². The molecule has 1 N–H and O–H groups in total. The highest BCUT2D eigenvalue weighted by Gasteiger charge is 2.23. The molecule has 1 aliphatic heterocycles. The third-order valence-corrected chi connectivity index (χ3v) is 3.76. The second-order valence-electron chi connectivity index (χ2n) is 5.49. The van der Waals surface area contributed by atoms with Gasteiger partial charge in [0.05, 0.1) is 0 Å². The Kier molecular flexibility index (Phi) is 5.16. The Morgan fingerprint density at radius 1 is 1.42 bits per heavy atom. The Morgan fingerprint density at radius 2 is 2.26 bits per heavy atom. The number of hydrogen-bond acceptors (Lipinski definition) is 4. The fourth-order valence-corrected chi connectivity index (χ4v) is 2.73. The quantitative estimate of drug-likeness (QED) is 0.819. The lowest BCUT2D eigenvalue weighted by Gasteiger charge is -2.40. The van der Waals surface area contributed by atoms with E-state index in [0.717, 1.165) is 32.7 Å². The predicted molar refractivity (Wildman–Crippen MR) is 80.5 cm³/mol. The molecule has 1 atom stereocenters. The van der Waals surface area contributed by atoms with Crippen molar-refractivity contribution in [2.75, 3.05) is 38.1 Å². The molecule has 1 unspecified atom stereocenters. The summed E-state index contributed by atoms with van der Waals surface area (Å²) < 4.78 is 0. The minimum Gasteiger partial charge on any atom is -0.366 e. The van der Waals surface area contributed by atoms with E-state index in [4.69, 9.17) is 0 Å². The minimum absolute atomic E-state index is 0.561. The Hall–Kier alpha value is -1.13. The zero-order valence-electron chi connectivity index (χ0n) is 12.4. The molecule has 2 heterocycles. The number of nitrogens with zero attached hydrogens (tertiary/aromatic N) is 3. The molecule has 1 saturated heterocycles. The number of rotatable bonds is 5. The standard InChI is InChI=1S/C15H26N4/c1-4-6-16-10-14-11-17-7-5-15(14)19-9-8-18(3)12-13(19)2/h5,7,11,13,16H,4,6,8-10,12H2,1-3H3. The summed E-state index contributed by atoms with van der Waals surface area (Å²) in [6.45, 7) is 9.84. The molecule has 0 spiro atoms. The molecular weight excluding hydrogens is 236 g/mol. The topological polar surface area (TPSA) is 31.4 Å². The molecule has 0 aliphatic carbocycles. The Bertz CT molecular complexity index is 393. The van der Waals surface area contributed by atoms with Gasteiger partial charge in [0.1, 0.15) is 0 Å². The van der Waals surface area contributed by atoms with E-state index in [1.807, 2.05) is 12.4 Å². The van der Waals surface area contributed by atoms with Crippen LogP contribution in [0, 0.1) is 0 Å². The third kappa shape index (κ3) is 3.67. The smallest absolute Gasteiger partial charge is 0.0446 e. The van der Waals surface area contributed by atoms with Crippen molar-refractivity contribution in [2.24, 2.45) is 0 Å². The maximum atomic E-state index is 4.28. The second-order valence-corrected chi connectivity index (χ2v) is 5.49. The monoisotopic (exact) mass is 262 g/mol. The van der Waals surface area contributed by atoms with Crippen LogP contribution in [0.5, 0.6) is 0 Å². The van der Waals surface area contributed by atoms with Crippen LogP contribution in [0.25, 0.3) is 0 Å². The van der Waals surface area contributed by atoms with Crippen molar-refractivity contribution in [1.29, 1.82) is 0 Å². The van der Waals surface area contributed by atoms with Gasteiger partial charge in [-0.2, -0.15) is 0 Å². The maximum absolute atomic E-state index is 4.28. The van der Waals surface area contributed by atoms with Crippen LogP contribution < -0.4 is 10.2 Å². The molecule has 0 saturated carbocycles. The molecule has 2 rings (SSSR count). The fourth-order valence-electron chi connectivity index (χ4n) is 2.73. The number of piperazine rings is 1. The first-order chi connectivity index (χ1) is 9.22.